The minimum absolute atomic E-state index is 0.0285. The van der Waals surface area contributed by atoms with Gasteiger partial charge in [-0.1, -0.05) is 44.2 Å². The molecule has 3 unspecified atom stereocenters. The molecule has 0 heterocycles. The fourth-order valence-corrected chi connectivity index (χ4v) is 2.47. The van der Waals surface area contributed by atoms with Crippen molar-refractivity contribution in [3.05, 3.63) is 35.9 Å². The maximum absolute atomic E-state index is 13.1. The summed E-state index contributed by atoms with van der Waals surface area (Å²) in [5.74, 6) is -1.46. The summed E-state index contributed by atoms with van der Waals surface area (Å²) in [4.78, 5) is 11.8. The number of benzene rings is 1. The number of rotatable bonds is 5. The van der Waals surface area contributed by atoms with Crippen LogP contribution in [0.5, 0.6) is 0 Å². The SMILES string of the molecule is CC1C(C)C1(C)OC(C(=O)OCc1ccccc1)C(F)(F)F. The molecule has 122 valence electrons. The van der Waals surface area contributed by atoms with Crippen LogP contribution in [0.25, 0.3) is 0 Å². The number of ether oxygens (including phenoxy) is 2. The number of carbonyl (C=O) groups is 1. The lowest BCUT2D eigenvalue weighted by Gasteiger charge is -2.24. The summed E-state index contributed by atoms with van der Waals surface area (Å²) in [6, 6.07) is 8.54. The second-order valence-corrected chi connectivity index (χ2v) is 5.89. The lowest BCUT2D eigenvalue weighted by Crippen LogP contribution is -2.43. The predicted octanol–water partition coefficient (Wildman–Crippen LogP) is 3.72. The number of halogens is 3. The molecule has 1 saturated carbocycles. The zero-order valence-electron chi connectivity index (χ0n) is 12.7. The van der Waals surface area contributed by atoms with Gasteiger partial charge in [0.05, 0.1) is 5.60 Å². The maximum atomic E-state index is 13.1. The molecule has 1 aliphatic carbocycles. The molecule has 3 atom stereocenters. The highest BCUT2D eigenvalue weighted by Gasteiger charge is 2.62. The summed E-state index contributed by atoms with van der Waals surface area (Å²) < 4.78 is 49.1. The predicted molar refractivity (Wildman–Crippen MR) is 73.9 cm³/mol. The van der Waals surface area contributed by atoms with E-state index in [1.54, 1.807) is 51.1 Å². The van der Waals surface area contributed by atoms with E-state index in [0.29, 0.717) is 5.56 Å². The van der Waals surface area contributed by atoms with Crippen molar-refractivity contribution in [1.82, 2.24) is 0 Å². The van der Waals surface area contributed by atoms with Gasteiger partial charge in [-0.3, -0.25) is 0 Å². The van der Waals surface area contributed by atoms with Crippen LogP contribution in [-0.4, -0.2) is 23.9 Å². The molecule has 0 amide bonds. The second kappa shape index (κ2) is 5.91. The molecule has 2 rings (SSSR count). The number of hydrogen-bond acceptors (Lipinski definition) is 3. The highest BCUT2D eigenvalue weighted by atomic mass is 19.4. The summed E-state index contributed by atoms with van der Waals surface area (Å²) in [5.41, 5.74) is -0.317. The van der Waals surface area contributed by atoms with Crippen molar-refractivity contribution in [3.8, 4) is 0 Å². The Morgan fingerprint density at radius 2 is 1.77 bits per heavy atom. The van der Waals surface area contributed by atoms with Crippen molar-refractivity contribution in [2.24, 2.45) is 11.8 Å². The van der Waals surface area contributed by atoms with E-state index in [9.17, 15) is 18.0 Å². The molecular formula is C16H19F3O3. The Morgan fingerprint density at radius 3 is 2.23 bits per heavy atom. The van der Waals surface area contributed by atoms with Crippen molar-refractivity contribution in [2.45, 2.75) is 45.3 Å². The van der Waals surface area contributed by atoms with Gasteiger partial charge in [-0.05, 0) is 24.3 Å². The summed E-state index contributed by atoms with van der Waals surface area (Å²) in [7, 11) is 0. The Balaban J connectivity index is 2.01. The van der Waals surface area contributed by atoms with E-state index in [1.165, 1.54) is 0 Å². The van der Waals surface area contributed by atoms with Crippen LogP contribution in [0.2, 0.25) is 0 Å². The van der Waals surface area contributed by atoms with E-state index >= 15 is 0 Å². The molecule has 1 fully saturated rings. The van der Waals surface area contributed by atoms with Crippen LogP contribution in [-0.2, 0) is 20.9 Å². The summed E-state index contributed by atoms with van der Waals surface area (Å²) in [5, 5.41) is 0. The largest absolute Gasteiger partial charge is 0.459 e. The average Bonchev–Trinajstić information content (AvgIpc) is 2.93. The normalized spacial score (nSPS) is 29.0. The van der Waals surface area contributed by atoms with E-state index in [0.717, 1.165) is 0 Å². The van der Waals surface area contributed by atoms with E-state index in [-0.39, 0.29) is 18.4 Å². The molecule has 1 aliphatic rings. The van der Waals surface area contributed by atoms with Crippen LogP contribution in [0.4, 0.5) is 13.2 Å². The summed E-state index contributed by atoms with van der Waals surface area (Å²) in [6.45, 7) is 4.98. The number of hydrogen-bond donors (Lipinski definition) is 0. The minimum atomic E-state index is -4.79. The molecule has 0 bridgehead atoms. The van der Waals surface area contributed by atoms with Gasteiger partial charge in [0.1, 0.15) is 6.61 Å². The molecule has 6 heteroatoms. The summed E-state index contributed by atoms with van der Waals surface area (Å²) >= 11 is 0. The molecule has 0 spiro atoms. The Morgan fingerprint density at radius 1 is 1.23 bits per heavy atom. The number of carbonyl (C=O) groups excluding carboxylic acids is 1. The summed E-state index contributed by atoms with van der Waals surface area (Å²) in [6.07, 6.45) is -7.34. The number of esters is 1. The first-order valence-corrected chi connectivity index (χ1v) is 7.11. The van der Waals surface area contributed by atoms with E-state index in [1.807, 2.05) is 0 Å². The molecule has 1 aromatic rings. The lowest BCUT2D eigenvalue weighted by atomic mass is 10.2. The van der Waals surface area contributed by atoms with E-state index in [4.69, 9.17) is 9.47 Å². The topological polar surface area (TPSA) is 35.5 Å². The van der Waals surface area contributed by atoms with E-state index < -0.39 is 23.9 Å². The molecule has 3 nitrogen and oxygen atoms in total. The zero-order chi connectivity index (χ0) is 16.5. The molecule has 22 heavy (non-hydrogen) atoms. The third kappa shape index (κ3) is 3.43. The molecule has 0 radical (unpaired) electrons. The van der Waals surface area contributed by atoms with Crippen molar-refractivity contribution < 1.29 is 27.4 Å². The minimum Gasteiger partial charge on any atom is -0.459 e. The molecular weight excluding hydrogens is 297 g/mol. The zero-order valence-corrected chi connectivity index (χ0v) is 12.7. The third-order valence-corrected chi connectivity index (χ3v) is 4.56. The molecule has 1 aromatic carbocycles. The average molecular weight is 316 g/mol. The lowest BCUT2D eigenvalue weighted by molar-refractivity contribution is -0.245. The van der Waals surface area contributed by atoms with E-state index in [2.05, 4.69) is 0 Å². The standard InChI is InChI=1S/C16H19F3O3/c1-10-11(2)15(10,3)22-13(16(17,18)19)14(20)21-9-12-7-5-4-6-8-12/h4-8,10-11,13H,9H2,1-3H3. The maximum Gasteiger partial charge on any atom is 0.425 e. The van der Waals surface area contributed by atoms with Gasteiger partial charge in [0, 0.05) is 0 Å². The Kier molecular flexibility index (Phi) is 4.52. The molecule has 0 saturated heterocycles. The van der Waals surface area contributed by atoms with Crippen LogP contribution < -0.4 is 0 Å². The Bertz CT molecular complexity index is 519. The van der Waals surface area contributed by atoms with Gasteiger partial charge in [0.2, 0.25) is 0 Å². The van der Waals surface area contributed by atoms with Gasteiger partial charge in [-0.15, -0.1) is 0 Å². The van der Waals surface area contributed by atoms with Crippen LogP contribution in [0.15, 0.2) is 30.3 Å². The van der Waals surface area contributed by atoms with Crippen molar-refractivity contribution in [3.63, 3.8) is 0 Å². The van der Waals surface area contributed by atoms with Crippen LogP contribution in [0.3, 0.4) is 0 Å². The Labute approximate surface area is 127 Å². The van der Waals surface area contributed by atoms with Crippen LogP contribution in [0, 0.1) is 11.8 Å². The van der Waals surface area contributed by atoms with Gasteiger partial charge in [0.25, 0.3) is 6.10 Å². The van der Waals surface area contributed by atoms with Gasteiger partial charge < -0.3 is 9.47 Å². The highest BCUT2D eigenvalue weighted by Crippen LogP contribution is 2.54. The first-order chi connectivity index (χ1) is 10.2. The Hall–Kier alpha value is -1.56. The quantitative estimate of drug-likeness (QED) is 0.777. The molecule has 0 N–H and O–H groups in total. The first kappa shape index (κ1) is 16.8. The highest BCUT2D eigenvalue weighted by molar-refractivity contribution is 5.75. The van der Waals surface area contributed by atoms with Gasteiger partial charge in [0.15, 0.2) is 0 Å². The van der Waals surface area contributed by atoms with Crippen molar-refractivity contribution >= 4 is 5.97 Å². The fraction of sp³-hybridized carbons (Fsp3) is 0.562. The molecule has 0 aliphatic heterocycles. The monoisotopic (exact) mass is 316 g/mol. The molecule has 0 aromatic heterocycles. The van der Waals surface area contributed by atoms with Crippen LogP contribution in [0.1, 0.15) is 26.3 Å². The van der Waals surface area contributed by atoms with Gasteiger partial charge in [-0.25, -0.2) is 4.79 Å². The smallest absolute Gasteiger partial charge is 0.425 e. The van der Waals surface area contributed by atoms with Crippen LogP contribution >= 0.6 is 0 Å². The van der Waals surface area contributed by atoms with Crippen molar-refractivity contribution in [1.29, 1.82) is 0 Å². The third-order valence-electron chi connectivity index (χ3n) is 4.56. The van der Waals surface area contributed by atoms with Crippen molar-refractivity contribution in [2.75, 3.05) is 0 Å². The first-order valence-electron chi connectivity index (χ1n) is 7.11. The van der Waals surface area contributed by atoms with Gasteiger partial charge >= 0.3 is 12.1 Å². The fourth-order valence-electron chi connectivity index (χ4n) is 2.47. The number of alkyl halides is 3. The van der Waals surface area contributed by atoms with Gasteiger partial charge in [-0.2, -0.15) is 13.2 Å². The second-order valence-electron chi connectivity index (χ2n) is 5.89.